The Labute approximate surface area is 185 Å². The number of rotatable bonds is 9. The minimum atomic E-state index is 0.0170. The molecule has 30 heavy (non-hydrogen) atoms. The van der Waals surface area contributed by atoms with Gasteiger partial charge in [0.15, 0.2) is 0 Å². The normalized spacial score (nSPS) is 13.1. The van der Waals surface area contributed by atoms with Gasteiger partial charge in [0.1, 0.15) is 10.8 Å². The maximum absolute atomic E-state index is 12.3. The van der Waals surface area contributed by atoms with Gasteiger partial charge in [-0.3, -0.25) is 4.79 Å². The highest BCUT2D eigenvalue weighted by atomic mass is 32.1. The van der Waals surface area contributed by atoms with E-state index in [0.29, 0.717) is 19.6 Å². The van der Waals surface area contributed by atoms with Gasteiger partial charge >= 0.3 is 0 Å². The second-order valence-corrected chi connectivity index (χ2v) is 9.41. The zero-order chi connectivity index (χ0) is 20.8. The van der Waals surface area contributed by atoms with Gasteiger partial charge in [0.25, 0.3) is 0 Å². The predicted molar refractivity (Wildman–Crippen MR) is 123 cm³/mol. The molecular weight excluding hydrogens is 414 g/mol. The molecule has 1 N–H and O–H groups in total. The van der Waals surface area contributed by atoms with Crippen LogP contribution in [0.25, 0.3) is 10.6 Å². The Morgan fingerprint density at radius 1 is 1.20 bits per heavy atom. The van der Waals surface area contributed by atoms with E-state index in [0.717, 1.165) is 41.3 Å². The van der Waals surface area contributed by atoms with Gasteiger partial charge in [0.05, 0.1) is 35.0 Å². The van der Waals surface area contributed by atoms with Gasteiger partial charge in [-0.05, 0) is 51.2 Å². The third kappa shape index (κ3) is 5.26. The standard InChI is InChI=1S/C23H27N3O2S2/c1-2-28-19-10-5-3-8-17(19)23-25-16(15-29-23)14-21(27)24-13-7-12-22-26-18-9-4-6-11-20(18)30-22/h3,5,8,10,15H,2,4,6-7,9,11-14H2,1H3,(H,24,27). The van der Waals surface area contributed by atoms with E-state index in [1.807, 2.05) is 47.9 Å². The van der Waals surface area contributed by atoms with Crippen molar-refractivity contribution in [1.82, 2.24) is 15.3 Å². The van der Waals surface area contributed by atoms with Gasteiger partial charge < -0.3 is 10.1 Å². The predicted octanol–water partition coefficient (Wildman–Crippen LogP) is 4.84. The van der Waals surface area contributed by atoms with Crippen LogP contribution in [0.1, 0.15) is 47.5 Å². The van der Waals surface area contributed by atoms with Crippen LogP contribution in [0, 0.1) is 0 Å². The molecule has 0 saturated heterocycles. The number of nitrogens with zero attached hydrogens (tertiary/aromatic N) is 2. The Morgan fingerprint density at radius 3 is 2.93 bits per heavy atom. The van der Waals surface area contributed by atoms with E-state index in [1.165, 1.54) is 34.8 Å². The minimum Gasteiger partial charge on any atom is -0.493 e. The van der Waals surface area contributed by atoms with Crippen LogP contribution in [0.15, 0.2) is 29.6 Å². The number of carbonyl (C=O) groups is 1. The average molecular weight is 442 g/mol. The SMILES string of the molecule is CCOc1ccccc1-c1nc(CC(=O)NCCCc2nc3c(s2)CCCC3)cs1. The van der Waals surface area contributed by atoms with Crippen molar-refractivity contribution in [1.29, 1.82) is 0 Å². The summed E-state index contributed by atoms with van der Waals surface area (Å²) >= 11 is 3.40. The molecule has 1 aliphatic rings. The molecule has 0 aliphatic heterocycles. The molecule has 3 aromatic rings. The van der Waals surface area contributed by atoms with E-state index in [-0.39, 0.29) is 5.91 Å². The van der Waals surface area contributed by atoms with E-state index in [2.05, 4.69) is 10.3 Å². The number of benzene rings is 1. The number of nitrogens with one attached hydrogen (secondary N) is 1. The lowest BCUT2D eigenvalue weighted by Gasteiger charge is -2.07. The van der Waals surface area contributed by atoms with E-state index >= 15 is 0 Å². The Balaban J connectivity index is 1.24. The Morgan fingerprint density at radius 2 is 2.07 bits per heavy atom. The monoisotopic (exact) mass is 441 g/mol. The number of ether oxygens (including phenoxy) is 1. The van der Waals surface area contributed by atoms with Crippen LogP contribution in [-0.2, 0) is 30.5 Å². The number of thiazole rings is 2. The van der Waals surface area contributed by atoms with Crippen molar-refractivity contribution < 1.29 is 9.53 Å². The van der Waals surface area contributed by atoms with Crippen LogP contribution in [0.5, 0.6) is 5.75 Å². The fourth-order valence-electron chi connectivity index (χ4n) is 3.64. The second-order valence-electron chi connectivity index (χ2n) is 7.39. The largest absolute Gasteiger partial charge is 0.493 e. The lowest BCUT2D eigenvalue weighted by Crippen LogP contribution is -2.26. The van der Waals surface area contributed by atoms with Crippen molar-refractivity contribution >= 4 is 28.6 Å². The van der Waals surface area contributed by atoms with Gasteiger partial charge in [-0.2, -0.15) is 0 Å². The third-order valence-electron chi connectivity index (χ3n) is 5.09. The Bertz CT molecular complexity index is 973. The second kappa shape index (κ2) is 10.2. The van der Waals surface area contributed by atoms with Crippen molar-refractivity contribution in [3.63, 3.8) is 0 Å². The van der Waals surface area contributed by atoms with Crippen LogP contribution < -0.4 is 10.1 Å². The first kappa shape index (κ1) is 21.0. The highest BCUT2D eigenvalue weighted by Crippen LogP contribution is 2.32. The van der Waals surface area contributed by atoms with E-state index < -0.39 is 0 Å². The molecule has 7 heteroatoms. The van der Waals surface area contributed by atoms with Gasteiger partial charge in [-0.15, -0.1) is 22.7 Å². The molecule has 2 heterocycles. The van der Waals surface area contributed by atoms with Crippen molar-refractivity contribution in [2.75, 3.05) is 13.2 Å². The quantitative estimate of drug-likeness (QED) is 0.483. The number of fused-ring (bicyclic) bond motifs is 1. The average Bonchev–Trinajstić information content (AvgIpc) is 3.38. The summed E-state index contributed by atoms with van der Waals surface area (Å²) in [6.07, 6.45) is 7.04. The summed E-state index contributed by atoms with van der Waals surface area (Å²) in [6, 6.07) is 7.89. The fraction of sp³-hybridized carbons (Fsp3) is 0.435. The summed E-state index contributed by atoms with van der Waals surface area (Å²) in [5.41, 5.74) is 3.09. The molecule has 4 rings (SSSR count). The van der Waals surface area contributed by atoms with Crippen molar-refractivity contribution in [3.05, 3.63) is 50.9 Å². The van der Waals surface area contributed by atoms with Crippen LogP contribution in [0.4, 0.5) is 0 Å². The third-order valence-corrected chi connectivity index (χ3v) is 7.23. The molecule has 158 valence electrons. The molecule has 1 amide bonds. The number of hydrogen-bond acceptors (Lipinski definition) is 6. The van der Waals surface area contributed by atoms with Crippen molar-refractivity contribution in [2.24, 2.45) is 0 Å². The van der Waals surface area contributed by atoms with Crippen molar-refractivity contribution in [2.45, 2.75) is 51.9 Å². The first-order valence-electron chi connectivity index (χ1n) is 10.6. The molecule has 1 aliphatic carbocycles. The van der Waals surface area contributed by atoms with Gasteiger partial charge in [0.2, 0.25) is 5.91 Å². The molecule has 5 nitrogen and oxygen atoms in total. The number of aromatic nitrogens is 2. The molecule has 0 saturated carbocycles. The van der Waals surface area contributed by atoms with Crippen LogP contribution in [-0.4, -0.2) is 29.0 Å². The molecule has 0 fully saturated rings. The molecule has 0 bridgehead atoms. The number of aryl methyl sites for hydroxylation is 3. The molecule has 0 radical (unpaired) electrons. The first-order chi connectivity index (χ1) is 14.7. The zero-order valence-electron chi connectivity index (χ0n) is 17.3. The summed E-state index contributed by atoms with van der Waals surface area (Å²) < 4.78 is 5.69. The highest BCUT2D eigenvalue weighted by molar-refractivity contribution is 7.13. The molecule has 1 aromatic carbocycles. The summed E-state index contributed by atoms with van der Waals surface area (Å²) in [7, 11) is 0. The fourth-order valence-corrected chi connectivity index (χ4v) is 5.69. The highest BCUT2D eigenvalue weighted by Gasteiger charge is 2.15. The maximum Gasteiger partial charge on any atom is 0.226 e. The lowest BCUT2D eigenvalue weighted by atomic mass is 10.0. The molecule has 0 spiro atoms. The van der Waals surface area contributed by atoms with E-state index in [9.17, 15) is 4.79 Å². The van der Waals surface area contributed by atoms with E-state index in [4.69, 9.17) is 9.72 Å². The zero-order valence-corrected chi connectivity index (χ0v) is 18.9. The number of hydrogen-bond donors (Lipinski definition) is 1. The van der Waals surface area contributed by atoms with Gasteiger partial charge in [-0.25, -0.2) is 9.97 Å². The molecular formula is C23H27N3O2S2. The Kier molecular flexibility index (Phi) is 7.12. The molecule has 0 atom stereocenters. The number of para-hydroxylation sites is 1. The molecule has 0 unspecified atom stereocenters. The summed E-state index contributed by atoms with van der Waals surface area (Å²) in [4.78, 5) is 23.2. The Hall–Kier alpha value is -2.25. The van der Waals surface area contributed by atoms with Gasteiger partial charge in [0, 0.05) is 23.2 Å². The summed E-state index contributed by atoms with van der Waals surface area (Å²) in [6.45, 7) is 3.26. The summed E-state index contributed by atoms with van der Waals surface area (Å²) in [5.74, 6) is 0.845. The first-order valence-corrected chi connectivity index (χ1v) is 12.3. The van der Waals surface area contributed by atoms with Crippen LogP contribution in [0.3, 0.4) is 0 Å². The van der Waals surface area contributed by atoms with Crippen LogP contribution in [0.2, 0.25) is 0 Å². The minimum absolute atomic E-state index is 0.0170. The summed E-state index contributed by atoms with van der Waals surface area (Å²) in [5, 5.41) is 7.08. The topological polar surface area (TPSA) is 64.1 Å². The van der Waals surface area contributed by atoms with Crippen molar-refractivity contribution in [3.8, 4) is 16.3 Å². The van der Waals surface area contributed by atoms with Crippen LogP contribution >= 0.6 is 22.7 Å². The molecule has 2 aromatic heterocycles. The van der Waals surface area contributed by atoms with Gasteiger partial charge in [-0.1, -0.05) is 12.1 Å². The number of amides is 1. The lowest BCUT2D eigenvalue weighted by molar-refractivity contribution is -0.120. The maximum atomic E-state index is 12.3. The van der Waals surface area contributed by atoms with E-state index in [1.54, 1.807) is 11.3 Å². The smallest absolute Gasteiger partial charge is 0.226 e. The number of carbonyl (C=O) groups excluding carboxylic acids is 1.